The van der Waals surface area contributed by atoms with Gasteiger partial charge in [-0.15, -0.1) is 0 Å². The summed E-state index contributed by atoms with van der Waals surface area (Å²) in [7, 11) is 1.55. The van der Waals surface area contributed by atoms with Crippen LogP contribution >= 0.6 is 11.3 Å². The SMILES string of the molecule is COCC(=O)N1CCN(Cc2ccnc(Nc3nc4ccc(-c5cn[nH]c5)nc4s3)c2)CC1. The van der Waals surface area contributed by atoms with Gasteiger partial charge >= 0.3 is 0 Å². The molecule has 1 amide bonds. The highest BCUT2D eigenvalue weighted by molar-refractivity contribution is 7.21. The van der Waals surface area contributed by atoms with E-state index >= 15 is 0 Å². The van der Waals surface area contributed by atoms with Crippen molar-refractivity contribution in [2.75, 3.05) is 45.2 Å². The quantitative estimate of drug-likeness (QED) is 0.429. The molecular formula is C22H24N8O2S. The highest BCUT2D eigenvalue weighted by Crippen LogP contribution is 2.29. The van der Waals surface area contributed by atoms with Crippen LogP contribution in [-0.2, 0) is 16.1 Å². The van der Waals surface area contributed by atoms with Crippen LogP contribution in [0.25, 0.3) is 21.6 Å². The Morgan fingerprint density at radius 3 is 2.88 bits per heavy atom. The second kappa shape index (κ2) is 9.61. The third kappa shape index (κ3) is 5.00. The molecule has 2 N–H and O–H groups in total. The third-order valence-corrected chi connectivity index (χ3v) is 6.39. The molecule has 1 aliphatic rings. The fraction of sp³-hybridized carbons (Fsp3) is 0.318. The van der Waals surface area contributed by atoms with Gasteiger partial charge in [-0.3, -0.25) is 14.8 Å². The number of ether oxygens (including phenoxy) is 1. The van der Waals surface area contributed by atoms with Gasteiger partial charge < -0.3 is 15.0 Å². The number of nitrogens with one attached hydrogen (secondary N) is 2. The molecule has 0 bridgehead atoms. The number of piperazine rings is 1. The van der Waals surface area contributed by atoms with Crippen LogP contribution < -0.4 is 5.32 Å². The van der Waals surface area contributed by atoms with Crippen LogP contribution in [0, 0.1) is 0 Å². The Morgan fingerprint density at radius 2 is 2.09 bits per heavy atom. The first-order valence-corrected chi connectivity index (χ1v) is 11.5. The van der Waals surface area contributed by atoms with E-state index in [1.807, 2.05) is 35.4 Å². The summed E-state index contributed by atoms with van der Waals surface area (Å²) in [6, 6.07) is 7.97. The van der Waals surface area contributed by atoms with Crippen LogP contribution in [0.3, 0.4) is 0 Å². The predicted octanol–water partition coefficient (Wildman–Crippen LogP) is 2.51. The maximum absolute atomic E-state index is 12.0. The molecule has 0 aromatic carbocycles. The molecule has 0 unspecified atom stereocenters. The average Bonchev–Trinajstić information content (AvgIpc) is 3.49. The van der Waals surface area contributed by atoms with Gasteiger partial charge in [-0.25, -0.2) is 15.0 Å². The van der Waals surface area contributed by atoms with Crippen molar-refractivity contribution in [2.45, 2.75) is 6.54 Å². The third-order valence-electron chi connectivity index (χ3n) is 5.51. The van der Waals surface area contributed by atoms with Crippen molar-refractivity contribution in [1.82, 2.24) is 34.9 Å². The Hall–Kier alpha value is -3.41. The summed E-state index contributed by atoms with van der Waals surface area (Å²) in [6.07, 6.45) is 5.38. The number of thiazole rings is 1. The van der Waals surface area contributed by atoms with E-state index in [0.717, 1.165) is 70.8 Å². The van der Waals surface area contributed by atoms with Gasteiger partial charge in [0.2, 0.25) is 5.91 Å². The molecule has 4 aromatic heterocycles. The lowest BCUT2D eigenvalue weighted by Gasteiger charge is -2.34. The number of rotatable bonds is 7. The molecule has 0 saturated carbocycles. The van der Waals surface area contributed by atoms with Crippen molar-refractivity contribution >= 4 is 38.5 Å². The second-order valence-electron chi connectivity index (χ2n) is 7.79. The largest absolute Gasteiger partial charge is 0.375 e. The first-order chi connectivity index (χ1) is 16.2. The first-order valence-electron chi connectivity index (χ1n) is 10.7. The summed E-state index contributed by atoms with van der Waals surface area (Å²) >= 11 is 1.49. The van der Waals surface area contributed by atoms with Crippen LogP contribution in [0.4, 0.5) is 10.9 Å². The number of aromatic nitrogens is 5. The maximum Gasteiger partial charge on any atom is 0.248 e. The molecule has 33 heavy (non-hydrogen) atoms. The number of methoxy groups -OCH3 is 1. The van der Waals surface area contributed by atoms with E-state index in [1.54, 1.807) is 19.5 Å². The average molecular weight is 465 g/mol. The van der Waals surface area contributed by atoms with Crippen LogP contribution in [0.5, 0.6) is 0 Å². The lowest BCUT2D eigenvalue weighted by molar-refractivity contribution is -0.136. The summed E-state index contributed by atoms with van der Waals surface area (Å²) in [5.74, 6) is 0.797. The van der Waals surface area contributed by atoms with Gasteiger partial charge in [0, 0.05) is 57.8 Å². The van der Waals surface area contributed by atoms with Gasteiger partial charge in [0.15, 0.2) is 5.13 Å². The maximum atomic E-state index is 12.0. The number of carbonyl (C=O) groups excluding carboxylic acids is 1. The van der Waals surface area contributed by atoms with Crippen LogP contribution in [0.15, 0.2) is 42.9 Å². The number of pyridine rings is 2. The minimum absolute atomic E-state index is 0.0507. The number of hydrogen-bond donors (Lipinski definition) is 2. The number of carbonyl (C=O) groups is 1. The molecule has 1 saturated heterocycles. The first kappa shape index (κ1) is 21.4. The number of anilines is 2. The Bertz CT molecular complexity index is 1230. The van der Waals surface area contributed by atoms with E-state index in [1.165, 1.54) is 11.3 Å². The zero-order valence-electron chi connectivity index (χ0n) is 18.2. The van der Waals surface area contributed by atoms with Crippen molar-refractivity contribution in [1.29, 1.82) is 0 Å². The lowest BCUT2D eigenvalue weighted by Crippen LogP contribution is -2.49. The zero-order chi connectivity index (χ0) is 22.6. The van der Waals surface area contributed by atoms with E-state index < -0.39 is 0 Å². The molecule has 11 heteroatoms. The van der Waals surface area contributed by atoms with Gasteiger partial charge in [-0.1, -0.05) is 11.3 Å². The molecule has 0 radical (unpaired) electrons. The lowest BCUT2D eigenvalue weighted by atomic mass is 10.2. The molecule has 10 nitrogen and oxygen atoms in total. The Labute approximate surface area is 194 Å². The summed E-state index contributed by atoms with van der Waals surface area (Å²) in [6.45, 7) is 4.06. The van der Waals surface area contributed by atoms with E-state index in [4.69, 9.17) is 9.72 Å². The molecule has 0 atom stereocenters. The standard InChI is InChI=1S/C22H24N8O2S/c1-32-14-20(31)30-8-6-29(7-9-30)13-15-4-5-23-19(10-15)28-22-27-18-3-2-17(26-21(18)33-22)16-11-24-25-12-16/h2-5,10-12H,6-9,13-14H2,1H3,(H,24,25)(H,23,27,28). The van der Waals surface area contributed by atoms with Crippen molar-refractivity contribution in [3.8, 4) is 11.3 Å². The van der Waals surface area contributed by atoms with Gasteiger partial charge in [-0.2, -0.15) is 5.10 Å². The van der Waals surface area contributed by atoms with Crippen molar-refractivity contribution in [3.05, 3.63) is 48.4 Å². The fourth-order valence-electron chi connectivity index (χ4n) is 3.80. The number of hydrogen-bond acceptors (Lipinski definition) is 9. The molecule has 1 aliphatic heterocycles. The second-order valence-corrected chi connectivity index (χ2v) is 8.77. The van der Waals surface area contributed by atoms with Gasteiger partial charge in [0.05, 0.1) is 11.9 Å². The Morgan fingerprint density at radius 1 is 1.21 bits per heavy atom. The van der Waals surface area contributed by atoms with Crippen LogP contribution in [0.2, 0.25) is 0 Å². The Balaban J connectivity index is 1.23. The minimum atomic E-state index is 0.0507. The highest BCUT2D eigenvalue weighted by atomic mass is 32.1. The minimum Gasteiger partial charge on any atom is -0.375 e. The van der Waals surface area contributed by atoms with E-state index in [-0.39, 0.29) is 12.5 Å². The number of fused-ring (bicyclic) bond motifs is 1. The molecule has 5 heterocycles. The molecule has 5 rings (SSSR count). The van der Waals surface area contributed by atoms with E-state index in [2.05, 4.69) is 30.4 Å². The van der Waals surface area contributed by atoms with Crippen LogP contribution in [-0.4, -0.2) is 80.8 Å². The molecule has 0 spiro atoms. The summed E-state index contributed by atoms with van der Waals surface area (Å²) in [5, 5.41) is 10.9. The topological polar surface area (TPSA) is 112 Å². The predicted molar refractivity (Wildman–Crippen MR) is 126 cm³/mol. The summed E-state index contributed by atoms with van der Waals surface area (Å²) in [5.41, 5.74) is 3.80. The van der Waals surface area contributed by atoms with Gasteiger partial charge in [0.1, 0.15) is 22.8 Å². The van der Waals surface area contributed by atoms with Crippen LogP contribution in [0.1, 0.15) is 5.56 Å². The number of aromatic amines is 1. The van der Waals surface area contributed by atoms with Crippen molar-refractivity contribution in [3.63, 3.8) is 0 Å². The fourth-order valence-corrected chi connectivity index (χ4v) is 4.65. The molecule has 0 aliphatic carbocycles. The van der Waals surface area contributed by atoms with E-state index in [9.17, 15) is 4.79 Å². The molecular weight excluding hydrogens is 440 g/mol. The summed E-state index contributed by atoms with van der Waals surface area (Å²) in [4.78, 5) is 30.8. The number of amides is 1. The smallest absolute Gasteiger partial charge is 0.248 e. The molecule has 4 aromatic rings. The zero-order valence-corrected chi connectivity index (χ0v) is 19.0. The van der Waals surface area contributed by atoms with Gasteiger partial charge in [0.25, 0.3) is 0 Å². The monoisotopic (exact) mass is 464 g/mol. The molecule has 170 valence electrons. The van der Waals surface area contributed by atoms with Gasteiger partial charge in [-0.05, 0) is 29.8 Å². The Kier molecular flexibility index (Phi) is 6.24. The van der Waals surface area contributed by atoms with Crippen molar-refractivity contribution in [2.24, 2.45) is 0 Å². The number of nitrogens with zero attached hydrogens (tertiary/aromatic N) is 6. The van der Waals surface area contributed by atoms with Crippen molar-refractivity contribution < 1.29 is 9.53 Å². The summed E-state index contributed by atoms with van der Waals surface area (Å²) < 4.78 is 4.95. The number of H-pyrrole nitrogens is 1. The highest BCUT2D eigenvalue weighted by Gasteiger charge is 2.21. The molecule has 1 fully saturated rings. The van der Waals surface area contributed by atoms with E-state index in [0.29, 0.717) is 0 Å². The normalized spacial score (nSPS) is 14.6.